The van der Waals surface area contributed by atoms with E-state index in [2.05, 4.69) is 0 Å². The Labute approximate surface area is 194 Å². The number of piperazine rings is 1. The number of quaternary nitrogens is 2. The largest absolute Gasteiger partial charge is 0.315 e. The summed E-state index contributed by atoms with van der Waals surface area (Å²) in [5.74, 6) is -2.97. The van der Waals surface area contributed by atoms with E-state index in [1.54, 1.807) is 12.1 Å². The van der Waals surface area contributed by atoms with Gasteiger partial charge in [0, 0.05) is 0 Å². The average Bonchev–Trinajstić information content (AvgIpc) is 3.29. The van der Waals surface area contributed by atoms with Crippen molar-refractivity contribution < 1.29 is 37.8 Å². The number of rotatable bonds is 4. The zero-order valence-corrected chi connectivity index (χ0v) is 18.3. The molecule has 34 heavy (non-hydrogen) atoms. The van der Waals surface area contributed by atoms with Gasteiger partial charge < -0.3 is 9.80 Å². The molecular weight excluding hydrogens is 446 g/mol. The Balaban J connectivity index is 1.25. The van der Waals surface area contributed by atoms with Crippen molar-refractivity contribution in [2.75, 3.05) is 36.0 Å². The lowest BCUT2D eigenvalue weighted by molar-refractivity contribution is -1.02. The molecule has 3 saturated heterocycles. The number of benzene rings is 2. The number of hydrogen-bond donors (Lipinski definition) is 2. The zero-order valence-electron chi connectivity index (χ0n) is 18.3. The number of carbonyl (C=O) groups excluding carboxylic acids is 4. The van der Waals surface area contributed by atoms with Crippen LogP contribution in [0, 0.1) is 11.6 Å². The van der Waals surface area contributed by atoms with Crippen LogP contribution in [0.4, 0.5) is 20.2 Å². The van der Waals surface area contributed by atoms with Gasteiger partial charge in [0.05, 0.1) is 24.2 Å². The first kappa shape index (κ1) is 22.3. The van der Waals surface area contributed by atoms with E-state index in [4.69, 9.17) is 0 Å². The first-order valence-electron chi connectivity index (χ1n) is 11.3. The van der Waals surface area contributed by atoms with Crippen molar-refractivity contribution in [1.29, 1.82) is 0 Å². The van der Waals surface area contributed by atoms with Gasteiger partial charge in [0.25, 0.3) is 11.8 Å². The molecule has 2 aromatic rings. The summed E-state index contributed by atoms with van der Waals surface area (Å²) < 4.78 is 28.4. The molecule has 3 heterocycles. The average molecular weight is 470 g/mol. The van der Waals surface area contributed by atoms with E-state index in [1.807, 2.05) is 0 Å². The second-order valence-corrected chi connectivity index (χ2v) is 8.87. The number of carbonyl (C=O) groups is 4. The maximum absolute atomic E-state index is 14.2. The third-order valence-corrected chi connectivity index (χ3v) is 7.00. The summed E-state index contributed by atoms with van der Waals surface area (Å²) in [5.41, 5.74) is -0.0704. The van der Waals surface area contributed by atoms with E-state index in [9.17, 15) is 28.0 Å². The molecule has 2 aromatic carbocycles. The van der Waals surface area contributed by atoms with Gasteiger partial charge in [-0.15, -0.1) is 0 Å². The third kappa shape index (κ3) is 3.68. The summed E-state index contributed by atoms with van der Waals surface area (Å²) in [6, 6.07) is 10.2. The number of anilines is 2. The van der Waals surface area contributed by atoms with Crippen LogP contribution in [-0.4, -0.2) is 61.9 Å². The molecule has 4 amide bonds. The highest BCUT2D eigenvalue weighted by atomic mass is 19.1. The first-order valence-corrected chi connectivity index (χ1v) is 11.3. The van der Waals surface area contributed by atoms with E-state index >= 15 is 0 Å². The van der Waals surface area contributed by atoms with Gasteiger partial charge in [0.1, 0.15) is 37.8 Å². The Morgan fingerprint density at radius 2 is 0.971 bits per heavy atom. The Kier molecular flexibility index (Phi) is 5.70. The van der Waals surface area contributed by atoms with Gasteiger partial charge in [-0.3, -0.25) is 19.2 Å². The molecule has 0 saturated carbocycles. The number of nitrogens with zero attached hydrogens (tertiary/aromatic N) is 2. The second kappa shape index (κ2) is 8.69. The van der Waals surface area contributed by atoms with Crippen LogP contribution in [0.25, 0.3) is 0 Å². The standard InChI is InChI=1S/C24H22F2N4O4/c25-15-5-1-3-7-17(15)29-21(31)13-19(23(29)33)27-9-11-28(12-10-27)20-14-22(32)30(24(20)34)18-8-4-2-6-16(18)26/h1-8,19-20H,9-14H2/p+2. The highest BCUT2D eigenvalue weighted by Crippen LogP contribution is 2.26. The lowest BCUT2D eigenvalue weighted by Crippen LogP contribution is -3.31. The number of halogens is 2. The summed E-state index contributed by atoms with van der Waals surface area (Å²) >= 11 is 0. The Morgan fingerprint density at radius 3 is 1.32 bits per heavy atom. The van der Waals surface area contributed by atoms with Gasteiger partial charge in [-0.25, -0.2) is 18.6 Å². The monoisotopic (exact) mass is 470 g/mol. The lowest BCUT2D eigenvalue weighted by atomic mass is 10.1. The highest BCUT2D eigenvalue weighted by Gasteiger charge is 2.51. The predicted molar refractivity (Wildman–Crippen MR) is 116 cm³/mol. The van der Waals surface area contributed by atoms with Crippen LogP contribution in [0.5, 0.6) is 0 Å². The van der Waals surface area contributed by atoms with Crippen LogP contribution in [0.2, 0.25) is 0 Å². The van der Waals surface area contributed by atoms with Gasteiger partial charge in [0.2, 0.25) is 11.8 Å². The van der Waals surface area contributed by atoms with Crippen LogP contribution < -0.4 is 19.6 Å². The summed E-state index contributed by atoms with van der Waals surface area (Å²) in [6.07, 6.45) is -0.000514. The minimum absolute atomic E-state index is 0.000257. The van der Waals surface area contributed by atoms with Crippen LogP contribution >= 0.6 is 0 Å². The SMILES string of the molecule is O=C1CC([NH+]2CC[NH+](C3CC(=O)N(c4ccccc4F)C3=O)CC2)C(=O)N1c1ccccc1F. The van der Waals surface area contributed by atoms with Gasteiger partial charge in [0.15, 0.2) is 12.1 Å². The molecule has 3 aliphatic rings. The molecule has 2 unspecified atom stereocenters. The molecule has 8 nitrogen and oxygen atoms in total. The fourth-order valence-electron chi connectivity index (χ4n) is 5.26. The Morgan fingerprint density at radius 1 is 0.618 bits per heavy atom. The molecule has 5 rings (SSSR count). The van der Waals surface area contributed by atoms with Crippen LogP contribution in [0.3, 0.4) is 0 Å². The van der Waals surface area contributed by atoms with E-state index < -0.39 is 47.3 Å². The molecule has 3 aliphatic heterocycles. The molecule has 176 valence electrons. The quantitative estimate of drug-likeness (QED) is 0.545. The summed E-state index contributed by atoms with van der Waals surface area (Å²) in [7, 11) is 0. The Hall–Kier alpha value is -3.50. The van der Waals surface area contributed by atoms with Gasteiger partial charge in [-0.2, -0.15) is 0 Å². The smallest absolute Gasteiger partial charge is 0.292 e. The number of para-hydroxylation sites is 2. The molecule has 0 aliphatic carbocycles. The molecule has 0 bridgehead atoms. The minimum atomic E-state index is -0.627. The van der Waals surface area contributed by atoms with Gasteiger partial charge in [-0.1, -0.05) is 24.3 Å². The summed E-state index contributed by atoms with van der Waals surface area (Å²) in [6.45, 7) is 2.06. The van der Waals surface area contributed by atoms with Crippen molar-refractivity contribution >= 4 is 35.0 Å². The van der Waals surface area contributed by atoms with E-state index in [0.29, 0.717) is 26.2 Å². The van der Waals surface area contributed by atoms with Crippen LogP contribution in [-0.2, 0) is 19.2 Å². The second-order valence-electron chi connectivity index (χ2n) is 8.87. The van der Waals surface area contributed by atoms with Crippen molar-refractivity contribution in [3.05, 3.63) is 60.2 Å². The third-order valence-electron chi connectivity index (χ3n) is 7.00. The number of hydrogen-bond acceptors (Lipinski definition) is 4. The normalized spacial score (nSPS) is 27.7. The summed E-state index contributed by atoms with van der Waals surface area (Å²) in [5, 5.41) is 0. The highest BCUT2D eigenvalue weighted by molar-refractivity contribution is 6.22. The zero-order chi connectivity index (χ0) is 24.0. The fourth-order valence-corrected chi connectivity index (χ4v) is 5.26. The molecular formula is C24H24F2N4O4+2. The predicted octanol–water partition coefficient (Wildman–Crippen LogP) is -1.29. The van der Waals surface area contributed by atoms with E-state index in [-0.39, 0.29) is 24.2 Å². The van der Waals surface area contributed by atoms with Gasteiger partial charge in [-0.05, 0) is 24.3 Å². The minimum Gasteiger partial charge on any atom is -0.315 e. The summed E-state index contributed by atoms with van der Waals surface area (Å²) in [4.78, 5) is 54.8. The van der Waals surface area contributed by atoms with E-state index in [0.717, 1.165) is 19.6 Å². The maximum Gasteiger partial charge on any atom is 0.292 e. The van der Waals surface area contributed by atoms with Crippen molar-refractivity contribution in [1.82, 2.24) is 0 Å². The van der Waals surface area contributed by atoms with Crippen molar-refractivity contribution in [3.8, 4) is 0 Å². The van der Waals surface area contributed by atoms with Crippen molar-refractivity contribution in [2.24, 2.45) is 0 Å². The van der Waals surface area contributed by atoms with Crippen LogP contribution in [0.15, 0.2) is 48.5 Å². The topological polar surface area (TPSA) is 83.6 Å². The lowest BCUT2D eigenvalue weighted by Gasteiger charge is -2.34. The molecule has 2 atom stereocenters. The van der Waals surface area contributed by atoms with Crippen molar-refractivity contribution in [3.63, 3.8) is 0 Å². The molecule has 3 fully saturated rings. The number of amides is 4. The number of nitrogens with one attached hydrogen (secondary N) is 2. The molecule has 0 radical (unpaired) electrons. The van der Waals surface area contributed by atoms with Crippen molar-refractivity contribution in [2.45, 2.75) is 24.9 Å². The molecule has 2 N–H and O–H groups in total. The number of imide groups is 2. The van der Waals surface area contributed by atoms with Crippen LogP contribution in [0.1, 0.15) is 12.8 Å². The first-order chi connectivity index (χ1) is 16.4. The Bertz CT molecular complexity index is 1090. The van der Waals surface area contributed by atoms with E-state index in [1.165, 1.54) is 36.4 Å². The molecule has 0 spiro atoms. The molecule has 10 heteroatoms. The van der Waals surface area contributed by atoms with Gasteiger partial charge >= 0.3 is 0 Å². The fraction of sp³-hybridized carbons (Fsp3) is 0.333. The maximum atomic E-state index is 14.2. The molecule has 0 aromatic heterocycles.